The number of ketones is 1. The van der Waals surface area contributed by atoms with Crippen molar-refractivity contribution in [2.24, 2.45) is 0 Å². The van der Waals surface area contributed by atoms with Gasteiger partial charge in [0.2, 0.25) is 0 Å². The summed E-state index contributed by atoms with van der Waals surface area (Å²) >= 11 is 0. The molecule has 0 radical (unpaired) electrons. The first-order valence-electron chi connectivity index (χ1n) is 15.4. The fraction of sp³-hybridized carbons (Fsp3) is 0.600. The lowest BCUT2D eigenvalue weighted by Gasteiger charge is -2.33. The van der Waals surface area contributed by atoms with Crippen LogP contribution in [0.2, 0.25) is 0 Å². The third-order valence-electron chi connectivity index (χ3n) is 7.94. The summed E-state index contributed by atoms with van der Waals surface area (Å²) in [6, 6.07) is 18.4. The number of carbonyl (C=O) groups is 2. The number of methoxy groups -OCH3 is 1. The third kappa shape index (κ3) is 11.8. The highest BCUT2D eigenvalue weighted by atomic mass is 16.5. The molecule has 2 unspecified atom stereocenters. The molecule has 0 heterocycles. The molecule has 0 saturated heterocycles. The molecule has 5 heteroatoms. The summed E-state index contributed by atoms with van der Waals surface area (Å²) in [5.74, 6) is 0.893. The van der Waals surface area contributed by atoms with Gasteiger partial charge in [-0.3, -0.25) is 9.59 Å². The molecule has 0 N–H and O–H groups in total. The van der Waals surface area contributed by atoms with Crippen LogP contribution in [0.15, 0.2) is 54.6 Å². The van der Waals surface area contributed by atoms with Gasteiger partial charge in [-0.15, -0.1) is 0 Å². The van der Waals surface area contributed by atoms with Crippen LogP contribution in [0, 0.1) is 0 Å². The summed E-state index contributed by atoms with van der Waals surface area (Å²) in [7, 11) is 1.66. The smallest absolute Gasteiger partial charge is 0.305 e. The Morgan fingerprint density at radius 2 is 1.48 bits per heavy atom. The van der Waals surface area contributed by atoms with Crippen molar-refractivity contribution in [1.29, 1.82) is 0 Å². The Balaban J connectivity index is 2.06. The third-order valence-corrected chi connectivity index (χ3v) is 7.94. The van der Waals surface area contributed by atoms with E-state index in [1.807, 2.05) is 25.1 Å². The second-order valence-electron chi connectivity index (χ2n) is 10.9. The molecule has 2 atom stereocenters. The molecular weight excluding hydrogens is 500 g/mol. The molecule has 2 aromatic rings. The minimum Gasteiger partial charge on any atom is -0.497 e. The SMILES string of the molecule is CCCCCC(CCCC(CCCCCCC(=O)OCC)(C(C)=O)c1ccc(OC)cc1)OCc1ccccc1. The summed E-state index contributed by atoms with van der Waals surface area (Å²) in [6.45, 7) is 6.86. The number of hydrogen-bond donors (Lipinski definition) is 0. The molecular formula is C35H52O5. The number of esters is 1. The summed E-state index contributed by atoms with van der Waals surface area (Å²) in [6.07, 6.45) is 12.5. The van der Waals surface area contributed by atoms with Crippen molar-refractivity contribution in [3.63, 3.8) is 0 Å². The normalized spacial score (nSPS) is 13.4. The molecule has 2 rings (SSSR count). The van der Waals surface area contributed by atoms with E-state index in [0.29, 0.717) is 19.6 Å². The van der Waals surface area contributed by atoms with Gasteiger partial charge in [0.05, 0.1) is 31.8 Å². The molecule has 40 heavy (non-hydrogen) atoms. The Morgan fingerprint density at radius 3 is 2.12 bits per heavy atom. The van der Waals surface area contributed by atoms with Gasteiger partial charge in [-0.25, -0.2) is 0 Å². The highest BCUT2D eigenvalue weighted by molar-refractivity contribution is 5.88. The standard InChI is InChI=1S/C35H52O5/c1-5-7-11-19-33(40-28-30-17-12-10-13-18-30)20-16-27-35(29(3)36,31-22-24-32(38-4)25-23-31)26-15-9-8-14-21-34(37)39-6-2/h10,12-13,17-18,22-25,33H,5-9,11,14-16,19-21,26-28H2,1-4H3. The fourth-order valence-corrected chi connectivity index (χ4v) is 5.51. The Labute approximate surface area is 243 Å². The van der Waals surface area contributed by atoms with Gasteiger partial charge < -0.3 is 14.2 Å². The first-order valence-corrected chi connectivity index (χ1v) is 15.4. The molecule has 5 nitrogen and oxygen atoms in total. The summed E-state index contributed by atoms with van der Waals surface area (Å²) in [5.41, 5.74) is 1.74. The monoisotopic (exact) mass is 552 g/mol. The van der Waals surface area contributed by atoms with Gasteiger partial charge in [0, 0.05) is 6.42 Å². The van der Waals surface area contributed by atoms with Gasteiger partial charge in [-0.1, -0.05) is 87.9 Å². The van der Waals surface area contributed by atoms with Crippen molar-refractivity contribution in [2.75, 3.05) is 13.7 Å². The van der Waals surface area contributed by atoms with E-state index in [0.717, 1.165) is 75.5 Å². The van der Waals surface area contributed by atoms with Crippen LogP contribution in [0.1, 0.15) is 115 Å². The molecule has 0 fully saturated rings. The number of unbranched alkanes of at least 4 members (excludes halogenated alkanes) is 5. The number of hydrogen-bond acceptors (Lipinski definition) is 5. The van der Waals surface area contributed by atoms with Crippen LogP contribution in [0.25, 0.3) is 0 Å². The van der Waals surface area contributed by atoms with E-state index in [-0.39, 0.29) is 17.9 Å². The summed E-state index contributed by atoms with van der Waals surface area (Å²) in [5, 5.41) is 0. The van der Waals surface area contributed by atoms with Gasteiger partial charge in [-0.05, 0) is 75.6 Å². The molecule has 0 bridgehead atoms. The summed E-state index contributed by atoms with van der Waals surface area (Å²) in [4.78, 5) is 25.0. The maximum atomic E-state index is 13.4. The molecule has 0 saturated carbocycles. The number of rotatable bonds is 22. The molecule has 0 spiro atoms. The van der Waals surface area contributed by atoms with Crippen molar-refractivity contribution < 1.29 is 23.8 Å². The Bertz CT molecular complexity index is 956. The van der Waals surface area contributed by atoms with Crippen LogP contribution in [-0.4, -0.2) is 31.6 Å². The minimum absolute atomic E-state index is 0.123. The van der Waals surface area contributed by atoms with E-state index >= 15 is 0 Å². The largest absolute Gasteiger partial charge is 0.497 e. The topological polar surface area (TPSA) is 61.8 Å². The van der Waals surface area contributed by atoms with Crippen molar-refractivity contribution in [3.8, 4) is 5.75 Å². The Morgan fingerprint density at radius 1 is 0.800 bits per heavy atom. The van der Waals surface area contributed by atoms with Gasteiger partial charge in [-0.2, -0.15) is 0 Å². The lowest BCUT2D eigenvalue weighted by Crippen LogP contribution is -2.34. The fourth-order valence-electron chi connectivity index (χ4n) is 5.51. The molecule has 0 aromatic heterocycles. The van der Waals surface area contributed by atoms with Crippen LogP contribution < -0.4 is 4.74 Å². The van der Waals surface area contributed by atoms with Crippen LogP contribution in [-0.2, 0) is 31.1 Å². The zero-order valence-electron chi connectivity index (χ0n) is 25.4. The second kappa shape index (κ2) is 19.4. The molecule has 2 aromatic carbocycles. The number of carbonyl (C=O) groups excluding carboxylic acids is 2. The maximum Gasteiger partial charge on any atom is 0.305 e. The summed E-state index contributed by atoms with van der Waals surface area (Å²) < 4.78 is 16.8. The highest BCUT2D eigenvalue weighted by Crippen LogP contribution is 2.38. The Kier molecular flexibility index (Phi) is 16.3. The molecule has 0 aliphatic heterocycles. The molecule has 0 amide bonds. The number of Topliss-reactive ketones (excluding diaryl/α,β-unsaturated/α-hetero) is 1. The van der Waals surface area contributed by atoms with Crippen LogP contribution in [0.3, 0.4) is 0 Å². The second-order valence-corrected chi connectivity index (χ2v) is 10.9. The first kappa shape index (κ1) is 33.5. The van der Waals surface area contributed by atoms with E-state index in [9.17, 15) is 9.59 Å². The maximum absolute atomic E-state index is 13.4. The van der Waals surface area contributed by atoms with Gasteiger partial charge >= 0.3 is 5.97 Å². The van der Waals surface area contributed by atoms with Crippen molar-refractivity contribution in [3.05, 3.63) is 65.7 Å². The van der Waals surface area contributed by atoms with Crippen molar-refractivity contribution in [1.82, 2.24) is 0 Å². The van der Waals surface area contributed by atoms with Crippen LogP contribution >= 0.6 is 0 Å². The predicted molar refractivity (Wildman–Crippen MR) is 163 cm³/mol. The lowest BCUT2D eigenvalue weighted by molar-refractivity contribution is -0.143. The van der Waals surface area contributed by atoms with Gasteiger partial charge in [0.15, 0.2) is 0 Å². The number of ether oxygens (including phenoxy) is 3. The average molecular weight is 553 g/mol. The predicted octanol–water partition coefficient (Wildman–Crippen LogP) is 8.76. The molecule has 0 aliphatic carbocycles. The first-order chi connectivity index (χ1) is 19.4. The van der Waals surface area contributed by atoms with Crippen LogP contribution in [0.4, 0.5) is 0 Å². The van der Waals surface area contributed by atoms with E-state index in [1.54, 1.807) is 14.0 Å². The van der Waals surface area contributed by atoms with E-state index in [4.69, 9.17) is 14.2 Å². The molecule has 222 valence electrons. The van der Waals surface area contributed by atoms with E-state index < -0.39 is 5.41 Å². The zero-order chi connectivity index (χ0) is 29.1. The van der Waals surface area contributed by atoms with Gasteiger partial charge in [0.25, 0.3) is 0 Å². The Hall–Kier alpha value is -2.66. The van der Waals surface area contributed by atoms with Crippen molar-refractivity contribution >= 4 is 11.8 Å². The van der Waals surface area contributed by atoms with Crippen LogP contribution in [0.5, 0.6) is 5.75 Å². The molecule has 0 aliphatic rings. The van der Waals surface area contributed by atoms with E-state index in [2.05, 4.69) is 43.3 Å². The van der Waals surface area contributed by atoms with Crippen molar-refractivity contribution in [2.45, 2.75) is 122 Å². The lowest BCUT2D eigenvalue weighted by atomic mass is 9.69. The number of benzene rings is 2. The quantitative estimate of drug-likeness (QED) is 0.108. The van der Waals surface area contributed by atoms with E-state index in [1.165, 1.54) is 18.4 Å². The van der Waals surface area contributed by atoms with Gasteiger partial charge in [0.1, 0.15) is 11.5 Å². The highest BCUT2D eigenvalue weighted by Gasteiger charge is 2.36. The zero-order valence-corrected chi connectivity index (χ0v) is 25.4. The minimum atomic E-state index is -0.527. The average Bonchev–Trinajstić information content (AvgIpc) is 2.97.